The summed E-state index contributed by atoms with van der Waals surface area (Å²) in [6.07, 6.45) is 4.26. The maximum absolute atomic E-state index is 8.67. The number of aliphatic hydroxyl groups is 1. The number of rotatable bonds is 8. The van der Waals surface area contributed by atoms with Crippen LogP contribution < -0.4 is 10.6 Å². The number of nitrogens with zero attached hydrogens (tertiary/aromatic N) is 2. The zero-order chi connectivity index (χ0) is 12.5. The third kappa shape index (κ3) is 5.19. The van der Waals surface area contributed by atoms with Crippen molar-refractivity contribution in [1.82, 2.24) is 9.97 Å². The van der Waals surface area contributed by atoms with Crippen molar-refractivity contribution in [2.24, 2.45) is 0 Å². The van der Waals surface area contributed by atoms with Crippen LogP contribution in [-0.2, 0) is 0 Å². The summed E-state index contributed by atoms with van der Waals surface area (Å²) in [6.45, 7) is 3.87. The summed E-state index contributed by atoms with van der Waals surface area (Å²) < 4.78 is 0. The Hall–Kier alpha value is -1.07. The van der Waals surface area contributed by atoms with Crippen LogP contribution in [0.2, 0.25) is 5.02 Å². The van der Waals surface area contributed by atoms with Gasteiger partial charge in [-0.15, -0.1) is 0 Å². The lowest BCUT2D eigenvalue weighted by atomic mass is 10.3. The highest BCUT2D eigenvalue weighted by Gasteiger charge is 2.04. The topological polar surface area (TPSA) is 70.1 Å². The van der Waals surface area contributed by atoms with Gasteiger partial charge in [0.1, 0.15) is 10.8 Å². The summed E-state index contributed by atoms with van der Waals surface area (Å²) in [6, 6.07) is 0. The van der Waals surface area contributed by atoms with Gasteiger partial charge in [0.15, 0.2) is 0 Å². The minimum Gasteiger partial charge on any atom is -0.396 e. The molecule has 1 heterocycles. The third-order valence-corrected chi connectivity index (χ3v) is 2.43. The predicted molar refractivity (Wildman–Crippen MR) is 70.6 cm³/mol. The van der Waals surface area contributed by atoms with E-state index >= 15 is 0 Å². The Kier molecular flexibility index (Phi) is 6.65. The number of nitrogens with one attached hydrogen (secondary N) is 2. The fourth-order valence-electron chi connectivity index (χ4n) is 1.26. The number of hydrogen-bond donors (Lipinski definition) is 3. The molecule has 1 aromatic rings. The third-order valence-electron chi connectivity index (χ3n) is 2.15. The lowest BCUT2D eigenvalue weighted by Crippen LogP contribution is -2.09. The number of hydrogen-bond acceptors (Lipinski definition) is 5. The molecule has 0 atom stereocenters. The van der Waals surface area contributed by atoms with E-state index in [2.05, 4.69) is 27.5 Å². The summed E-state index contributed by atoms with van der Waals surface area (Å²) in [4.78, 5) is 8.37. The molecule has 17 heavy (non-hydrogen) atoms. The SMILES string of the molecule is CCCNc1ncc(Cl)c(NCCCCO)n1. The van der Waals surface area contributed by atoms with Crippen LogP contribution in [0.25, 0.3) is 0 Å². The molecule has 0 saturated carbocycles. The fraction of sp³-hybridized carbons (Fsp3) is 0.636. The molecule has 1 aromatic heterocycles. The predicted octanol–water partition coefficient (Wildman–Crippen LogP) is 2.14. The van der Waals surface area contributed by atoms with E-state index in [1.165, 1.54) is 0 Å². The lowest BCUT2D eigenvalue weighted by Gasteiger charge is -2.09. The van der Waals surface area contributed by atoms with Crippen molar-refractivity contribution in [2.75, 3.05) is 30.3 Å². The Labute approximate surface area is 107 Å². The number of anilines is 2. The van der Waals surface area contributed by atoms with Crippen molar-refractivity contribution in [1.29, 1.82) is 0 Å². The van der Waals surface area contributed by atoms with E-state index in [1.807, 2.05) is 0 Å². The fourth-order valence-corrected chi connectivity index (χ4v) is 1.41. The van der Waals surface area contributed by atoms with E-state index < -0.39 is 0 Å². The van der Waals surface area contributed by atoms with E-state index in [1.54, 1.807) is 6.20 Å². The van der Waals surface area contributed by atoms with Crippen molar-refractivity contribution < 1.29 is 5.11 Å². The van der Waals surface area contributed by atoms with Crippen LogP contribution in [0, 0.1) is 0 Å². The van der Waals surface area contributed by atoms with Gasteiger partial charge in [0.05, 0.1) is 6.20 Å². The molecule has 0 aromatic carbocycles. The van der Waals surface area contributed by atoms with Gasteiger partial charge in [-0.1, -0.05) is 18.5 Å². The Morgan fingerprint density at radius 3 is 2.82 bits per heavy atom. The first-order valence-corrected chi connectivity index (χ1v) is 6.27. The first-order chi connectivity index (χ1) is 8.27. The van der Waals surface area contributed by atoms with Gasteiger partial charge in [-0.25, -0.2) is 4.98 Å². The van der Waals surface area contributed by atoms with Gasteiger partial charge in [0, 0.05) is 19.7 Å². The highest BCUT2D eigenvalue weighted by atomic mass is 35.5. The summed E-state index contributed by atoms with van der Waals surface area (Å²) in [5.41, 5.74) is 0. The van der Waals surface area contributed by atoms with Crippen LogP contribution in [0.3, 0.4) is 0 Å². The molecule has 0 aliphatic heterocycles. The van der Waals surface area contributed by atoms with Crippen molar-refractivity contribution in [3.63, 3.8) is 0 Å². The molecule has 0 radical (unpaired) electrons. The van der Waals surface area contributed by atoms with Crippen molar-refractivity contribution in [3.05, 3.63) is 11.2 Å². The van der Waals surface area contributed by atoms with Gasteiger partial charge in [0.25, 0.3) is 0 Å². The zero-order valence-corrected chi connectivity index (χ0v) is 10.8. The Balaban J connectivity index is 2.50. The monoisotopic (exact) mass is 258 g/mol. The molecule has 0 amide bonds. The minimum atomic E-state index is 0.211. The van der Waals surface area contributed by atoms with Crippen LogP contribution in [0.15, 0.2) is 6.20 Å². The molecule has 0 fully saturated rings. The second kappa shape index (κ2) is 8.08. The molecule has 96 valence electrons. The molecule has 6 heteroatoms. The molecule has 0 bridgehead atoms. The highest BCUT2D eigenvalue weighted by molar-refractivity contribution is 6.32. The molecule has 0 saturated heterocycles. The van der Waals surface area contributed by atoms with Gasteiger partial charge in [0.2, 0.25) is 5.95 Å². The normalized spacial score (nSPS) is 10.3. The number of aliphatic hydroxyl groups excluding tert-OH is 1. The molecular weight excluding hydrogens is 240 g/mol. The smallest absolute Gasteiger partial charge is 0.224 e. The Bertz CT molecular complexity index is 335. The van der Waals surface area contributed by atoms with Crippen molar-refractivity contribution >= 4 is 23.4 Å². The summed E-state index contributed by atoms with van der Waals surface area (Å²) >= 11 is 5.98. The standard InChI is InChI=1S/C11H19ClN4O/c1-2-5-14-11-15-8-9(12)10(16-11)13-6-3-4-7-17/h8,17H,2-7H2,1H3,(H2,13,14,15,16). The average molecular weight is 259 g/mol. The quantitative estimate of drug-likeness (QED) is 0.623. The molecule has 1 rings (SSSR count). The summed E-state index contributed by atoms with van der Waals surface area (Å²) in [7, 11) is 0. The van der Waals surface area contributed by atoms with E-state index in [9.17, 15) is 0 Å². The van der Waals surface area contributed by atoms with Gasteiger partial charge >= 0.3 is 0 Å². The largest absolute Gasteiger partial charge is 0.396 e. The van der Waals surface area contributed by atoms with Gasteiger partial charge in [-0.2, -0.15) is 4.98 Å². The van der Waals surface area contributed by atoms with Gasteiger partial charge < -0.3 is 15.7 Å². The molecular formula is C11H19ClN4O. The van der Waals surface area contributed by atoms with Crippen LogP contribution >= 0.6 is 11.6 Å². The first kappa shape index (κ1) is 14.0. The molecule has 0 spiro atoms. The molecule has 0 unspecified atom stereocenters. The molecule has 3 N–H and O–H groups in total. The second-order valence-electron chi connectivity index (χ2n) is 3.67. The zero-order valence-electron chi connectivity index (χ0n) is 10.0. The highest BCUT2D eigenvalue weighted by Crippen LogP contribution is 2.19. The number of unbranched alkanes of at least 4 members (excludes halogenated alkanes) is 1. The summed E-state index contributed by atoms with van der Waals surface area (Å²) in [5, 5.41) is 15.4. The first-order valence-electron chi connectivity index (χ1n) is 5.89. The van der Waals surface area contributed by atoms with E-state index in [-0.39, 0.29) is 6.61 Å². The van der Waals surface area contributed by atoms with E-state index in [4.69, 9.17) is 16.7 Å². The van der Waals surface area contributed by atoms with Gasteiger partial charge in [-0.05, 0) is 19.3 Å². The lowest BCUT2D eigenvalue weighted by molar-refractivity contribution is 0.286. The average Bonchev–Trinajstić information content (AvgIpc) is 2.35. The number of aromatic nitrogens is 2. The van der Waals surface area contributed by atoms with Gasteiger partial charge in [-0.3, -0.25) is 0 Å². The van der Waals surface area contributed by atoms with Crippen LogP contribution in [0.4, 0.5) is 11.8 Å². The van der Waals surface area contributed by atoms with Crippen LogP contribution in [-0.4, -0.2) is 34.8 Å². The Morgan fingerprint density at radius 2 is 2.12 bits per heavy atom. The maximum atomic E-state index is 8.67. The van der Waals surface area contributed by atoms with Crippen molar-refractivity contribution in [3.8, 4) is 0 Å². The molecule has 0 aliphatic rings. The second-order valence-corrected chi connectivity index (χ2v) is 4.08. The minimum absolute atomic E-state index is 0.211. The molecule has 0 aliphatic carbocycles. The Morgan fingerprint density at radius 1 is 1.29 bits per heavy atom. The van der Waals surface area contributed by atoms with Crippen LogP contribution in [0.5, 0.6) is 0 Å². The van der Waals surface area contributed by atoms with Crippen molar-refractivity contribution in [2.45, 2.75) is 26.2 Å². The summed E-state index contributed by atoms with van der Waals surface area (Å²) in [5.74, 6) is 1.22. The van der Waals surface area contributed by atoms with Crippen LogP contribution in [0.1, 0.15) is 26.2 Å². The van der Waals surface area contributed by atoms with E-state index in [0.717, 1.165) is 32.4 Å². The number of halogens is 1. The molecule has 5 nitrogen and oxygen atoms in total. The maximum Gasteiger partial charge on any atom is 0.224 e. The van der Waals surface area contributed by atoms with E-state index in [0.29, 0.717) is 16.8 Å².